The van der Waals surface area contributed by atoms with Crippen molar-refractivity contribution in [1.29, 1.82) is 0 Å². The molecule has 3 nitrogen and oxygen atoms in total. The van der Waals surface area contributed by atoms with Gasteiger partial charge in [0, 0.05) is 40.1 Å². The van der Waals surface area contributed by atoms with Gasteiger partial charge < -0.3 is 4.57 Å². The zero-order chi connectivity index (χ0) is 15.4. The molecule has 0 spiro atoms. The van der Waals surface area contributed by atoms with Crippen LogP contribution in [0.5, 0.6) is 0 Å². The average molecular weight is 369 g/mol. The van der Waals surface area contributed by atoms with Gasteiger partial charge >= 0.3 is 0 Å². The van der Waals surface area contributed by atoms with Crippen molar-refractivity contribution >= 4 is 26.8 Å². The van der Waals surface area contributed by atoms with Gasteiger partial charge in [0.1, 0.15) is 0 Å². The summed E-state index contributed by atoms with van der Waals surface area (Å²) in [5.41, 5.74) is 4.01. The summed E-state index contributed by atoms with van der Waals surface area (Å²) in [7, 11) is 0. The smallest absolute Gasteiger partial charge is 0.0825 e. The van der Waals surface area contributed by atoms with Crippen LogP contribution in [0.4, 0.5) is 0 Å². The van der Waals surface area contributed by atoms with E-state index in [1.54, 1.807) is 0 Å². The first kappa shape index (κ1) is 13.8. The number of aromatic nitrogens is 1. The molecule has 0 N–H and O–H groups in total. The molecule has 2 aromatic carbocycles. The molecule has 5 rings (SSSR count). The van der Waals surface area contributed by atoms with Gasteiger partial charge in [-0.2, -0.15) is 5.06 Å². The van der Waals surface area contributed by atoms with Gasteiger partial charge in [0.2, 0.25) is 0 Å². The Hall–Kier alpha value is -1.62. The highest BCUT2D eigenvalue weighted by atomic mass is 79.9. The first-order valence-corrected chi connectivity index (χ1v) is 8.81. The monoisotopic (exact) mass is 368 g/mol. The molecular weight excluding hydrogens is 352 g/mol. The summed E-state index contributed by atoms with van der Waals surface area (Å²) in [6, 6.07) is 19.8. The highest BCUT2D eigenvalue weighted by molar-refractivity contribution is 9.10. The fraction of sp³-hybridized carbons (Fsp3) is 0.263. The summed E-state index contributed by atoms with van der Waals surface area (Å²) >= 11 is 3.57. The summed E-state index contributed by atoms with van der Waals surface area (Å²) in [4.78, 5) is 6.01. The SMILES string of the molecule is Brc1ccc2c(c1)cc1n2C[C@H]2CON(Cc3ccccc3)[C@@H]12. The number of hydrogen-bond donors (Lipinski definition) is 0. The van der Waals surface area contributed by atoms with Gasteiger partial charge in [-0.1, -0.05) is 46.3 Å². The summed E-state index contributed by atoms with van der Waals surface area (Å²) in [6.45, 7) is 2.71. The van der Waals surface area contributed by atoms with Gasteiger partial charge in [0.05, 0.1) is 12.6 Å². The number of hydroxylamine groups is 2. The lowest BCUT2D eigenvalue weighted by molar-refractivity contribution is -0.141. The first-order valence-electron chi connectivity index (χ1n) is 8.02. The number of hydrogen-bond acceptors (Lipinski definition) is 2. The normalized spacial score (nSPS) is 23.3. The van der Waals surface area contributed by atoms with Crippen LogP contribution in [0.15, 0.2) is 59.1 Å². The van der Waals surface area contributed by atoms with E-state index >= 15 is 0 Å². The van der Waals surface area contributed by atoms with Crippen LogP contribution in [0.3, 0.4) is 0 Å². The molecule has 2 aliphatic rings. The van der Waals surface area contributed by atoms with Crippen LogP contribution >= 0.6 is 15.9 Å². The zero-order valence-electron chi connectivity index (χ0n) is 12.7. The van der Waals surface area contributed by atoms with Crippen LogP contribution in [-0.2, 0) is 17.9 Å². The van der Waals surface area contributed by atoms with Crippen molar-refractivity contribution in [3.63, 3.8) is 0 Å². The third-order valence-corrected chi connectivity index (χ3v) is 5.50. The van der Waals surface area contributed by atoms with Gasteiger partial charge in [0.15, 0.2) is 0 Å². The summed E-state index contributed by atoms with van der Waals surface area (Å²) in [5, 5.41) is 3.48. The second-order valence-corrected chi connectivity index (χ2v) is 7.36. The van der Waals surface area contributed by atoms with Gasteiger partial charge in [-0.3, -0.25) is 4.84 Å². The Bertz CT molecular complexity index is 874. The van der Waals surface area contributed by atoms with E-state index in [2.05, 4.69) is 80.2 Å². The van der Waals surface area contributed by atoms with E-state index in [-0.39, 0.29) is 0 Å². The predicted octanol–water partition coefficient (Wildman–Crippen LogP) is 4.52. The standard InChI is InChI=1S/C19H17BrN2O/c20-16-6-7-17-14(8-16)9-18-19-15(11-21(17)18)12-23-22(19)10-13-4-2-1-3-5-13/h1-9,15,19H,10-12H2/t15-,19+/m0/s1. The topological polar surface area (TPSA) is 17.4 Å². The molecular formula is C19H17BrN2O. The van der Waals surface area contributed by atoms with E-state index in [4.69, 9.17) is 4.84 Å². The molecule has 0 radical (unpaired) electrons. The Morgan fingerprint density at radius 1 is 1.09 bits per heavy atom. The molecule has 2 atom stereocenters. The second-order valence-electron chi connectivity index (χ2n) is 6.44. The Kier molecular flexibility index (Phi) is 3.11. The van der Waals surface area contributed by atoms with E-state index in [1.807, 2.05) is 0 Å². The van der Waals surface area contributed by atoms with Crippen molar-refractivity contribution in [2.24, 2.45) is 5.92 Å². The Morgan fingerprint density at radius 2 is 1.96 bits per heavy atom. The lowest BCUT2D eigenvalue weighted by Crippen LogP contribution is -2.22. The number of nitrogens with zero attached hydrogens (tertiary/aromatic N) is 2. The number of halogens is 1. The van der Waals surface area contributed by atoms with E-state index in [1.165, 1.54) is 22.2 Å². The molecule has 2 aliphatic heterocycles. The van der Waals surface area contributed by atoms with Gasteiger partial charge in [-0.15, -0.1) is 0 Å². The van der Waals surface area contributed by atoms with Gasteiger partial charge in [-0.25, -0.2) is 0 Å². The molecule has 23 heavy (non-hydrogen) atoms. The third kappa shape index (κ3) is 2.17. The fourth-order valence-electron chi connectivity index (χ4n) is 3.99. The second kappa shape index (κ2) is 5.20. The number of rotatable bonds is 2. The van der Waals surface area contributed by atoms with E-state index in [9.17, 15) is 0 Å². The van der Waals surface area contributed by atoms with E-state index in [0.717, 1.165) is 24.2 Å². The fourth-order valence-corrected chi connectivity index (χ4v) is 4.37. The number of fused-ring (bicyclic) bond motifs is 5. The molecule has 1 aromatic heterocycles. The maximum Gasteiger partial charge on any atom is 0.0825 e. The van der Waals surface area contributed by atoms with Gasteiger partial charge in [-0.05, 0) is 29.8 Å². The van der Waals surface area contributed by atoms with Crippen LogP contribution in [0.1, 0.15) is 17.3 Å². The van der Waals surface area contributed by atoms with Crippen molar-refractivity contribution < 1.29 is 4.84 Å². The van der Waals surface area contributed by atoms with Crippen molar-refractivity contribution in [3.05, 3.63) is 70.3 Å². The molecule has 1 saturated heterocycles. The molecule has 3 aromatic rings. The quantitative estimate of drug-likeness (QED) is 0.661. The van der Waals surface area contributed by atoms with Gasteiger partial charge in [0.25, 0.3) is 0 Å². The number of benzene rings is 2. The van der Waals surface area contributed by atoms with Crippen molar-refractivity contribution in [1.82, 2.24) is 9.63 Å². The van der Waals surface area contributed by atoms with Crippen molar-refractivity contribution in [2.45, 2.75) is 19.1 Å². The predicted molar refractivity (Wildman–Crippen MR) is 93.8 cm³/mol. The van der Waals surface area contributed by atoms with Crippen molar-refractivity contribution in [2.75, 3.05) is 6.61 Å². The molecule has 1 fully saturated rings. The zero-order valence-corrected chi connectivity index (χ0v) is 14.2. The van der Waals surface area contributed by atoms with E-state index in [0.29, 0.717) is 12.0 Å². The molecule has 4 heteroatoms. The summed E-state index contributed by atoms with van der Waals surface area (Å²) in [5.74, 6) is 0.557. The highest BCUT2D eigenvalue weighted by Gasteiger charge is 2.43. The van der Waals surface area contributed by atoms with Crippen LogP contribution in [0, 0.1) is 5.92 Å². The first-order chi connectivity index (χ1) is 11.3. The van der Waals surface area contributed by atoms with Crippen LogP contribution < -0.4 is 0 Å². The molecule has 0 bridgehead atoms. The van der Waals surface area contributed by atoms with Crippen LogP contribution in [-0.4, -0.2) is 16.2 Å². The van der Waals surface area contributed by atoms with Crippen LogP contribution in [0.2, 0.25) is 0 Å². The largest absolute Gasteiger partial charge is 0.343 e. The molecule has 116 valence electrons. The minimum atomic E-state index is 0.362. The van der Waals surface area contributed by atoms with E-state index < -0.39 is 0 Å². The Balaban J connectivity index is 1.53. The molecule has 3 heterocycles. The third-order valence-electron chi connectivity index (χ3n) is 5.01. The average Bonchev–Trinajstić information content (AvgIpc) is 3.19. The molecule has 0 amide bonds. The highest BCUT2D eigenvalue weighted by Crippen LogP contribution is 2.45. The Morgan fingerprint density at radius 3 is 2.83 bits per heavy atom. The van der Waals surface area contributed by atoms with Crippen molar-refractivity contribution in [3.8, 4) is 0 Å². The molecule has 0 aliphatic carbocycles. The molecule has 0 saturated carbocycles. The molecule has 0 unspecified atom stereocenters. The lowest BCUT2D eigenvalue weighted by atomic mass is 10.0. The van der Waals surface area contributed by atoms with Crippen LogP contribution in [0.25, 0.3) is 10.9 Å². The summed E-state index contributed by atoms with van der Waals surface area (Å²) in [6.07, 6.45) is 0. The minimum absolute atomic E-state index is 0.362. The minimum Gasteiger partial charge on any atom is -0.343 e. The maximum atomic E-state index is 6.01. The lowest BCUT2D eigenvalue weighted by Gasteiger charge is -2.21. The summed E-state index contributed by atoms with van der Waals surface area (Å²) < 4.78 is 3.60. The maximum absolute atomic E-state index is 6.01. The Labute approximate surface area is 143 Å².